The van der Waals surface area contributed by atoms with E-state index in [1.54, 1.807) is 0 Å². The number of allylic oxidation sites excluding steroid dienone is 4. The number of hydrogen-bond donors (Lipinski definition) is 3. The van der Waals surface area contributed by atoms with Crippen LogP contribution >= 0.6 is 15.6 Å². The first-order valence-electron chi connectivity index (χ1n) is 37.0. The summed E-state index contributed by atoms with van der Waals surface area (Å²) in [5.74, 6) is -1.44. The van der Waals surface area contributed by atoms with Crippen molar-refractivity contribution in [3.63, 3.8) is 0 Å². The molecule has 0 aliphatic carbocycles. The summed E-state index contributed by atoms with van der Waals surface area (Å²) in [4.78, 5) is 72.4. The predicted octanol–water partition coefficient (Wildman–Crippen LogP) is 20.5. The van der Waals surface area contributed by atoms with Crippen LogP contribution in [-0.4, -0.2) is 96.7 Å². The third kappa shape index (κ3) is 64.6. The molecule has 0 rings (SSSR count). The van der Waals surface area contributed by atoms with E-state index in [0.29, 0.717) is 25.7 Å². The van der Waals surface area contributed by atoms with Crippen LogP contribution < -0.4 is 0 Å². The van der Waals surface area contributed by atoms with E-state index in [0.717, 1.165) is 128 Å². The van der Waals surface area contributed by atoms with Gasteiger partial charge in [0.25, 0.3) is 0 Å². The van der Waals surface area contributed by atoms with Crippen LogP contribution in [0.4, 0.5) is 0 Å². The quantitative estimate of drug-likeness (QED) is 0.0169. The second-order valence-electron chi connectivity index (χ2n) is 25.5. The number of carbonyl (C=O) groups excluding carboxylic acids is 4. The van der Waals surface area contributed by atoms with Crippen molar-refractivity contribution in [2.45, 2.75) is 368 Å². The molecule has 19 heteroatoms. The van der Waals surface area contributed by atoms with Gasteiger partial charge in [0.1, 0.15) is 19.3 Å². The van der Waals surface area contributed by atoms with Crippen LogP contribution in [0.25, 0.3) is 0 Å². The lowest BCUT2D eigenvalue weighted by Crippen LogP contribution is -2.30. The molecular formula is C72H136O17P2. The minimum absolute atomic E-state index is 0.100. The molecule has 0 amide bonds. The Labute approximate surface area is 554 Å². The third-order valence-corrected chi connectivity index (χ3v) is 18.4. The third-order valence-electron chi connectivity index (χ3n) is 16.5. The van der Waals surface area contributed by atoms with Crippen LogP contribution in [0.5, 0.6) is 0 Å². The second-order valence-corrected chi connectivity index (χ2v) is 28.4. The molecule has 3 N–H and O–H groups in total. The summed E-state index contributed by atoms with van der Waals surface area (Å²) in [6.45, 7) is 7.10. The lowest BCUT2D eigenvalue weighted by atomic mass is 10.00. The van der Waals surface area contributed by atoms with Crippen LogP contribution in [0.2, 0.25) is 0 Å². The Morgan fingerprint density at radius 2 is 0.615 bits per heavy atom. The number of esters is 4. The van der Waals surface area contributed by atoms with Gasteiger partial charge in [-0.2, -0.15) is 0 Å². The normalized spacial score (nSPS) is 14.5. The standard InChI is InChI=1S/C72H136O17P2/c1-6-10-13-16-19-21-23-25-27-28-29-30-32-34-36-38-41-47-52-57-71(76)88-67(62-83-70(75)56-51-46-40-37-35-33-31-26-24-22-20-17-14-11-7-2)63-86-90(78,79)84-59-66(73)60-85-91(80,81)87-64-68(61-82-69(74)55-50-45-39-18-15-12-8-3)89-72(77)58-53-48-43-42-44-49-54-65(5)9-4/h22,24,26,31,65-68,73H,6-21,23,25,27-30,32-64H2,1-5H3,(H,78,79)(H,80,81)/b24-22-,31-26-/t65?,66-,67-,68-/m1/s1. The van der Waals surface area contributed by atoms with Gasteiger partial charge in [-0.25, -0.2) is 9.13 Å². The van der Waals surface area contributed by atoms with E-state index >= 15 is 0 Å². The maximum absolute atomic E-state index is 13.0. The SMILES string of the molecule is CCCCCC/C=C\C=C/CCCCCCCC(=O)OC[C@H](COP(=O)(O)OC[C@@H](O)COP(=O)(O)OC[C@@H](COC(=O)CCCCCCCCC)OC(=O)CCCCCCCCC(C)CC)OC(=O)CCCCCCCCCCCCCCCCCCCCC. The highest BCUT2D eigenvalue weighted by Gasteiger charge is 2.30. The molecule has 6 atom stereocenters. The monoisotopic (exact) mass is 1330 g/mol. The highest BCUT2D eigenvalue weighted by Crippen LogP contribution is 2.45. The van der Waals surface area contributed by atoms with E-state index in [1.165, 1.54) is 141 Å². The minimum atomic E-state index is -4.96. The van der Waals surface area contributed by atoms with Crippen LogP contribution in [-0.2, 0) is 65.4 Å². The summed E-state index contributed by atoms with van der Waals surface area (Å²) in [5, 5.41) is 10.6. The fourth-order valence-corrected chi connectivity index (χ4v) is 12.0. The zero-order valence-electron chi connectivity index (χ0n) is 58.5. The molecule has 0 fully saturated rings. The number of aliphatic hydroxyl groups is 1. The molecule has 0 spiro atoms. The maximum atomic E-state index is 13.0. The topological polar surface area (TPSA) is 237 Å². The Bertz CT molecular complexity index is 1850. The van der Waals surface area contributed by atoms with Gasteiger partial charge >= 0.3 is 39.5 Å². The number of phosphoric ester groups is 2. The van der Waals surface area contributed by atoms with E-state index in [2.05, 4.69) is 58.9 Å². The second kappa shape index (κ2) is 64.9. The first-order chi connectivity index (χ1) is 44.1. The van der Waals surface area contributed by atoms with Gasteiger partial charge in [-0.1, -0.05) is 296 Å². The molecule has 0 aliphatic rings. The van der Waals surface area contributed by atoms with Gasteiger partial charge < -0.3 is 33.8 Å². The van der Waals surface area contributed by atoms with Gasteiger partial charge in [-0.05, 0) is 57.3 Å². The van der Waals surface area contributed by atoms with Crippen LogP contribution in [0.3, 0.4) is 0 Å². The van der Waals surface area contributed by atoms with E-state index < -0.39 is 97.5 Å². The minimum Gasteiger partial charge on any atom is -0.462 e. The molecule has 0 aliphatic heterocycles. The first kappa shape index (κ1) is 88.5. The molecule has 17 nitrogen and oxygen atoms in total. The molecule has 0 saturated heterocycles. The Morgan fingerprint density at radius 1 is 0.352 bits per heavy atom. The van der Waals surface area contributed by atoms with Crippen LogP contribution in [0.1, 0.15) is 349 Å². The Balaban J connectivity index is 5.22. The summed E-state index contributed by atoms with van der Waals surface area (Å²) < 4.78 is 68.2. The molecule has 0 radical (unpaired) electrons. The summed E-state index contributed by atoms with van der Waals surface area (Å²) >= 11 is 0. The molecule has 0 aromatic rings. The first-order valence-corrected chi connectivity index (χ1v) is 40.0. The molecule has 0 bridgehead atoms. The molecular weight excluding hydrogens is 1200 g/mol. The number of carbonyl (C=O) groups is 4. The number of ether oxygens (including phenoxy) is 4. The molecule has 0 aromatic heterocycles. The van der Waals surface area contributed by atoms with Crippen molar-refractivity contribution in [1.82, 2.24) is 0 Å². The summed E-state index contributed by atoms with van der Waals surface area (Å²) in [6, 6.07) is 0. The van der Waals surface area contributed by atoms with Gasteiger partial charge in [0, 0.05) is 25.7 Å². The van der Waals surface area contributed by atoms with E-state index in [4.69, 9.17) is 37.0 Å². The van der Waals surface area contributed by atoms with Crippen LogP contribution in [0.15, 0.2) is 24.3 Å². The Hall–Kier alpha value is -2.46. The average molecular weight is 1340 g/mol. The largest absolute Gasteiger partial charge is 0.472 e. The van der Waals surface area contributed by atoms with Crippen molar-refractivity contribution in [3.8, 4) is 0 Å². The highest BCUT2D eigenvalue weighted by atomic mass is 31.2. The van der Waals surface area contributed by atoms with Gasteiger partial charge in [0.2, 0.25) is 0 Å². The van der Waals surface area contributed by atoms with E-state index in [1.807, 2.05) is 0 Å². The van der Waals surface area contributed by atoms with Gasteiger partial charge in [-0.3, -0.25) is 37.3 Å². The highest BCUT2D eigenvalue weighted by molar-refractivity contribution is 7.47. The molecule has 0 aromatic carbocycles. The van der Waals surface area contributed by atoms with Crippen molar-refractivity contribution in [2.75, 3.05) is 39.6 Å². The number of rotatable bonds is 70. The predicted molar refractivity (Wildman–Crippen MR) is 368 cm³/mol. The lowest BCUT2D eigenvalue weighted by Gasteiger charge is -2.21. The Morgan fingerprint density at radius 3 is 0.934 bits per heavy atom. The molecule has 536 valence electrons. The zero-order chi connectivity index (χ0) is 67.0. The van der Waals surface area contributed by atoms with E-state index in [9.17, 15) is 43.2 Å². The smallest absolute Gasteiger partial charge is 0.462 e. The molecule has 3 unspecified atom stereocenters. The van der Waals surface area contributed by atoms with E-state index in [-0.39, 0.29) is 25.7 Å². The molecule has 91 heavy (non-hydrogen) atoms. The van der Waals surface area contributed by atoms with Crippen molar-refractivity contribution >= 4 is 39.5 Å². The van der Waals surface area contributed by atoms with Gasteiger partial charge in [0.15, 0.2) is 12.2 Å². The number of hydrogen-bond acceptors (Lipinski definition) is 15. The van der Waals surface area contributed by atoms with Crippen molar-refractivity contribution in [3.05, 3.63) is 24.3 Å². The van der Waals surface area contributed by atoms with Gasteiger partial charge in [0.05, 0.1) is 26.4 Å². The Kier molecular flexibility index (Phi) is 63.1. The fourth-order valence-electron chi connectivity index (χ4n) is 10.4. The van der Waals surface area contributed by atoms with Crippen molar-refractivity contribution < 1.29 is 80.2 Å². The fraction of sp³-hybridized carbons (Fsp3) is 0.889. The summed E-state index contributed by atoms with van der Waals surface area (Å²) in [5.41, 5.74) is 0. The maximum Gasteiger partial charge on any atom is 0.472 e. The average Bonchev–Trinajstić information content (AvgIpc) is 3.33. The number of unbranched alkanes of at least 4 members (excludes halogenated alkanes) is 38. The summed E-state index contributed by atoms with van der Waals surface area (Å²) in [6.07, 6.45) is 55.2. The number of aliphatic hydroxyl groups excluding tert-OH is 1. The molecule has 0 heterocycles. The van der Waals surface area contributed by atoms with Crippen molar-refractivity contribution in [2.24, 2.45) is 5.92 Å². The van der Waals surface area contributed by atoms with Crippen molar-refractivity contribution in [1.29, 1.82) is 0 Å². The van der Waals surface area contributed by atoms with Gasteiger partial charge in [-0.15, -0.1) is 0 Å². The van der Waals surface area contributed by atoms with Crippen LogP contribution in [0, 0.1) is 5.92 Å². The lowest BCUT2D eigenvalue weighted by molar-refractivity contribution is -0.161. The number of phosphoric acid groups is 2. The molecule has 0 saturated carbocycles. The summed E-state index contributed by atoms with van der Waals surface area (Å²) in [7, 11) is -9.91. The zero-order valence-corrected chi connectivity index (χ0v) is 60.3.